The molecule has 1 heterocycles. The molecule has 0 unspecified atom stereocenters. The predicted octanol–water partition coefficient (Wildman–Crippen LogP) is 2.79. The summed E-state index contributed by atoms with van der Waals surface area (Å²) >= 11 is 0. The highest BCUT2D eigenvalue weighted by Gasteiger charge is 1.98. The molecule has 0 saturated carbocycles. The molecule has 1 aromatic carbocycles. The zero-order valence-electron chi connectivity index (χ0n) is 10.1. The Labute approximate surface area is 102 Å². The third-order valence-corrected chi connectivity index (χ3v) is 2.92. The highest BCUT2D eigenvalue weighted by atomic mass is 16.1. The summed E-state index contributed by atoms with van der Waals surface area (Å²) < 4.78 is 1.79. The summed E-state index contributed by atoms with van der Waals surface area (Å²) in [6.45, 7) is 2.64. The van der Waals surface area contributed by atoms with Crippen molar-refractivity contribution in [1.29, 1.82) is 0 Å². The van der Waals surface area contributed by atoms with E-state index in [1.54, 1.807) is 4.57 Å². The fraction of sp³-hybridized carbons (Fsp3) is 0.267. The summed E-state index contributed by atoms with van der Waals surface area (Å²) in [5.74, 6) is 0. The maximum Gasteiger partial charge on any atom is 0.253 e. The molecule has 2 heteroatoms. The lowest BCUT2D eigenvalue weighted by Crippen LogP contribution is -2.21. The fourth-order valence-corrected chi connectivity index (χ4v) is 1.93. The molecule has 0 atom stereocenters. The fourth-order valence-electron chi connectivity index (χ4n) is 1.93. The molecular weight excluding hydrogens is 210 g/mol. The number of hydrogen-bond donors (Lipinski definition) is 0. The summed E-state index contributed by atoms with van der Waals surface area (Å²) in [4.78, 5) is 11.8. The van der Waals surface area contributed by atoms with Gasteiger partial charge < -0.3 is 4.57 Å². The van der Waals surface area contributed by atoms with E-state index < -0.39 is 0 Å². The van der Waals surface area contributed by atoms with E-state index in [4.69, 9.17) is 0 Å². The predicted molar refractivity (Wildman–Crippen MR) is 70.2 cm³/mol. The summed E-state index contributed by atoms with van der Waals surface area (Å²) in [7, 11) is 0. The molecule has 0 amide bonds. The monoisotopic (exact) mass is 227 g/mol. The van der Waals surface area contributed by atoms with Gasteiger partial charge in [0.15, 0.2) is 0 Å². The van der Waals surface area contributed by atoms with Gasteiger partial charge in [-0.05, 0) is 31.4 Å². The van der Waals surface area contributed by atoms with Crippen LogP contribution in [0.2, 0.25) is 0 Å². The van der Waals surface area contributed by atoms with Gasteiger partial charge in [0.1, 0.15) is 0 Å². The van der Waals surface area contributed by atoms with Crippen molar-refractivity contribution in [2.24, 2.45) is 0 Å². The van der Waals surface area contributed by atoms with E-state index in [1.807, 2.05) is 43.5 Å². The number of rotatable bonds is 4. The van der Waals surface area contributed by atoms with Crippen molar-refractivity contribution < 1.29 is 0 Å². The van der Waals surface area contributed by atoms with Crippen LogP contribution in [-0.4, -0.2) is 4.57 Å². The number of hydrogen-bond acceptors (Lipinski definition) is 1. The molecule has 2 aromatic rings. The molecule has 0 aliphatic rings. The Morgan fingerprint density at radius 3 is 2.59 bits per heavy atom. The Kier molecular flexibility index (Phi) is 3.76. The maximum absolute atomic E-state index is 11.8. The molecule has 0 saturated heterocycles. The van der Waals surface area contributed by atoms with Crippen molar-refractivity contribution in [2.75, 3.05) is 0 Å². The second-order valence-electron chi connectivity index (χ2n) is 4.28. The highest BCUT2D eigenvalue weighted by Crippen LogP contribution is 2.03. The van der Waals surface area contributed by atoms with E-state index in [0.717, 1.165) is 24.9 Å². The van der Waals surface area contributed by atoms with Crippen LogP contribution in [0.3, 0.4) is 0 Å². The van der Waals surface area contributed by atoms with E-state index in [1.165, 1.54) is 5.56 Å². The summed E-state index contributed by atoms with van der Waals surface area (Å²) in [6, 6.07) is 14.2. The van der Waals surface area contributed by atoms with Gasteiger partial charge in [-0.1, -0.05) is 36.4 Å². The van der Waals surface area contributed by atoms with E-state index in [0.29, 0.717) is 0 Å². The van der Waals surface area contributed by atoms with Crippen LogP contribution in [0.5, 0.6) is 0 Å². The van der Waals surface area contributed by atoms with E-state index >= 15 is 0 Å². The van der Waals surface area contributed by atoms with Crippen LogP contribution >= 0.6 is 0 Å². The van der Waals surface area contributed by atoms with Gasteiger partial charge in [0, 0.05) is 18.3 Å². The third-order valence-electron chi connectivity index (χ3n) is 2.92. The van der Waals surface area contributed by atoms with Crippen molar-refractivity contribution in [3.63, 3.8) is 0 Å². The maximum atomic E-state index is 11.8. The second kappa shape index (κ2) is 5.48. The average Bonchev–Trinajstić information content (AvgIpc) is 2.36. The van der Waals surface area contributed by atoms with Crippen molar-refractivity contribution in [1.82, 2.24) is 4.57 Å². The molecule has 0 bridgehead atoms. The lowest BCUT2D eigenvalue weighted by molar-refractivity contribution is 0.619. The molecule has 0 spiro atoms. The number of benzene rings is 1. The van der Waals surface area contributed by atoms with Gasteiger partial charge in [0.25, 0.3) is 5.56 Å². The first-order valence-electron chi connectivity index (χ1n) is 5.97. The minimum Gasteiger partial charge on any atom is -0.315 e. The van der Waals surface area contributed by atoms with Gasteiger partial charge in [-0.15, -0.1) is 0 Å². The van der Waals surface area contributed by atoms with Crippen LogP contribution < -0.4 is 5.56 Å². The molecule has 0 aliphatic heterocycles. The van der Waals surface area contributed by atoms with Gasteiger partial charge in [0.05, 0.1) is 0 Å². The zero-order chi connectivity index (χ0) is 12.1. The molecule has 1 aromatic heterocycles. The minimum absolute atomic E-state index is 0.126. The first-order valence-corrected chi connectivity index (χ1v) is 5.97. The SMILES string of the molecule is Cc1cccn(CCCc2ccccc2)c1=O. The van der Waals surface area contributed by atoms with Crippen molar-refractivity contribution in [3.05, 3.63) is 70.1 Å². The van der Waals surface area contributed by atoms with Crippen LogP contribution in [0.1, 0.15) is 17.5 Å². The van der Waals surface area contributed by atoms with Crippen LogP contribution in [0.25, 0.3) is 0 Å². The van der Waals surface area contributed by atoms with E-state index in [2.05, 4.69) is 12.1 Å². The van der Waals surface area contributed by atoms with Gasteiger partial charge in [-0.2, -0.15) is 0 Å². The smallest absolute Gasteiger partial charge is 0.253 e. The Balaban J connectivity index is 1.95. The molecular formula is C15H17NO. The molecule has 0 aliphatic carbocycles. The Hall–Kier alpha value is -1.83. The number of aromatic nitrogens is 1. The minimum atomic E-state index is 0.126. The van der Waals surface area contributed by atoms with E-state index in [-0.39, 0.29) is 5.56 Å². The third kappa shape index (κ3) is 3.06. The molecule has 0 N–H and O–H groups in total. The molecule has 2 rings (SSSR count). The molecule has 17 heavy (non-hydrogen) atoms. The van der Waals surface area contributed by atoms with Gasteiger partial charge in [-0.3, -0.25) is 4.79 Å². The summed E-state index contributed by atoms with van der Waals surface area (Å²) in [5.41, 5.74) is 2.26. The summed E-state index contributed by atoms with van der Waals surface area (Å²) in [5, 5.41) is 0. The number of pyridine rings is 1. The largest absolute Gasteiger partial charge is 0.315 e. The van der Waals surface area contributed by atoms with E-state index in [9.17, 15) is 4.79 Å². The topological polar surface area (TPSA) is 22.0 Å². The standard InChI is InChI=1S/C15H17NO/c1-13-7-5-11-16(15(13)17)12-6-10-14-8-3-2-4-9-14/h2-5,7-9,11H,6,10,12H2,1H3. The number of nitrogens with zero attached hydrogens (tertiary/aromatic N) is 1. The Morgan fingerprint density at radius 1 is 1.06 bits per heavy atom. The van der Waals surface area contributed by atoms with Gasteiger partial charge >= 0.3 is 0 Å². The number of aryl methyl sites for hydroxylation is 3. The van der Waals surface area contributed by atoms with Gasteiger partial charge in [-0.25, -0.2) is 0 Å². The van der Waals surface area contributed by atoms with Crippen LogP contribution in [0.4, 0.5) is 0 Å². The Morgan fingerprint density at radius 2 is 1.82 bits per heavy atom. The average molecular weight is 227 g/mol. The highest BCUT2D eigenvalue weighted by molar-refractivity contribution is 5.14. The summed E-state index contributed by atoms with van der Waals surface area (Å²) in [6.07, 6.45) is 3.87. The lowest BCUT2D eigenvalue weighted by Gasteiger charge is -2.06. The first kappa shape index (κ1) is 11.6. The second-order valence-corrected chi connectivity index (χ2v) is 4.28. The Bertz CT molecular complexity index is 528. The first-order chi connectivity index (χ1) is 8.27. The normalized spacial score (nSPS) is 10.4. The van der Waals surface area contributed by atoms with Crippen LogP contribution in [0, 0.1) is 6.92 Å². The van der Waals surface area contributed by atoms with Crippen LogP contribution in [0.15, 0.2) is 53.5 Å². The molecule has 2 nitrogen and oxygen atoms in total. The van der Waals surface area contributed by atoms with Crippen molar-refractivity contribution >= 4 is 0 Å². The lowest BCUT2D eigenvalue weighted by atomic mass is 10.1. The molecule has 88 valence electrons. The quantitative estimate of drug-likeness (QED) is 0.787. The van der Waals surface area contributed by atoms with Crippen molar-refractivity contribution in [2.45, 2.75) is 26.3 Å². The molecule has 0 radical (unpaired) electrons. The van der Waals surface area contributed by atoms with Crippen LogP contribution in [-0.2, 0) is 13.0 Å². The van der Waals surface area contributed by atoms with Gasteiger partial charge in [0.2, 0.25) is 0 Å². The molecule has 0 fully saturated rings. The van der Waals surface area contributed by atoms with Crippen molar-refractivity contribution in [3.8, 4) is 0 Å². The zero-order valence-corrected chi connectivity index (χ0v) is 10.1.